The van der Waals surface area contributed by atoms with Gasteiger partial charge in [-0.3, -0.25) is 4.68 Å². The van der Waals surface area contributed by atoms with E-state index in [9.17, 15) is 18.0 Å². The van der Waals surface area contributed by atoms with Crippen LogP contribution in [0.1, 0.15) is 22.4 Å². The normalized spacial score (nSPS) is 14.7. The summed E-state index contributed by atoms with van der Waals surface area (Å²) in [6, 6.07) is 5.80. The standard InChI is InChI=1S/C16H15F3N4O2/c1-23-12(6-7-20-23)5-4-10-2-3-11(8-13(10)16(17,18)19)14-9-25-15(24)22-21-14/h2-3,6-8H,4-5,9H2,1H3,(H,22,24). The van der Waals surface area contributed by atoms with E-state index >= 15 is 0 Å². The van der Waals surface area contributed by atoms with E-state index in [1.807, 2.05) is 0 Å². The smallest absolute Gasteiger partial charge is 0.428 e. The van der Waals surface area contributed by atoms with Crippen LogP contribution >= 0.6 is 0 Å². The van der Waals surface area contributed by atoms with Crippen LogP contribution < -0.4 is 5.43 Å². The van der Waals surface area contributed by atoms with Crippen LogP contribution in [-0.4, -0.2) is 28.2 Å². The minimum absolute atomic E-state index is 0.169. The number of nitrogens with zero attached hydrogens (tertiary/aromatic N) is 3. The zero-order chi connectivity index (χ0) is 18.0. The van der Waals surface area contributed by atoms with Crippen molar-refractivity contribution in [2.24, 2.45) is 12.1 Å². The van der Waals surface area contributed by atoms with Crippen molar-refractivity contribution in [3.8, 4) is 0 Å². The fraction of sp³-hybridized carbons (Fsp3) is 0.312. The molecule has 0 spiro atoms. The van der Waals surface area contributed by atoms with E-state index in [1.54, 1.807) is 30.1 Å². The van der Waals surface area contributed by atoms with Crippen molar-refractivity contribution in [2.45, 2.75) is 19.0 Å². The van der Waals surface area contributed by atoms with Crippen molar-refractivity contribution in [1.29, 1.82) is 0 Å². The summed E-state index contributed by atoms with van der Waals surface area (Å²) in [6.07, 6.45) is -2.93. The van der Waals surface area contributed by atoms with Gasteiger partial charge in [0.05, 0.1) is 5.56 Å². The van der Waals surface area contributed by atoms with Crippen LogP contribution in [0.25, 0.3) is 0 Å². The molecule has 132 valence electrons. The monoisotopic (exact) mass is 352 g/mol. The van der Waals surface area contributed by atoms with Gasteiger partial charge in [0.2, 0.25) is 0 Å². The van der Waals surface area contributed by atoms with E-state index in [-0.39, 0.29) is 29.9 Å². The SMILES string of the molecule is Cn1nccc1CCc1ccc(C2=NNC(=O)OC2)cc1C(F)(F)F. The predicted molar refractivity (Wildman–Crippen MR) is 83.1 cm³/mol. The molecule has 1 aromatic carbocycles. The lowest BCUT2D eigenvalue weighted by Crippen LogP contribution is -2.31. The molecule has 1 aliphatic heterocycles. The molecule has 0 saturated heterocycles. The highest BCUT2D eigenvalue weighted by Crippen LogP contribution is 2.33. The summed E-state index contributed by atoms with van der Waals surface area (Å²) in [5.41, 5.74) is 2.92. The Bertz CT molecular complexity index is 827. The predicted octanol–water partition coefficient (Wildman–Crippen LogP) is 2.67. The van der Waals surface area contributed by atoms with Gasteiger partial charge >= 0.3 is 12.3 Å². The number of benzene rings is 1. The molecule has 0 atom stereocenters. The Morgan fingerprint density at radius 1 is 1.28 bits per heavy atom. The second-order valence-electron chi connectivity index (χ2n) is 5.56. The largest absolute Gasteiger partial charge is 0.442 e. The maximum Gasteiger partial charge on any atom is 0.428 e. The number of carbonyl (C=O) groups is 1. The van der Waals surface area contributed by atoms with Gasteiger partial charge in [0, 0.05) is 24.5 Å². The third kappa shape index (κ3) is 3.81. The van der Waals surface area contributed by atoms with Gasteiger partial charge in [-0.05, 0) is 30.5 Å². The summed E-state index contributed by atoms with van der Waals surface area (Å²) in [5.74, 6) is 0. The highest BCUT2D eigenvalue weighted by atomic mass is 19.4. The van der Waals surface area contributed by atoms with Crippen LogP contribution in [0.4, 0.5) is 18.0 Å². The molecule has 0 fully saturated rings. The Morgan fingerprint density at radius 2 is 2.08 bits per heavy atom. The van der Waals surface area contributed by atoms with Crippen LogP contribution in [0.15, 0.2) is 35.6 Å². The Labute approximate surface area is 141 Å². The average molecular weight is 352 g/mol. The molecule has 1 amide bonds. The number of halogens is 3. The van der Waals surface area contributed by atoms with Gasteiger partial charge in [0.15, 0.2) is 0 Å². The fourth-order valence-electron chi connectivity index (χ4n) is 2.61. The average Bonchev–Trinajstić information content (AvgIpc) is 2.98. The van der Waals surface area contributed by atoms with E-state index < -0.39 is 17.8 Å². The van der Waals surface area contributed by atoms with E-state index in [1.165, 1.54) is 6.07 Å². The number of alkyl halides is 3. The molecule has 25 heavy (non-hydrogen) atoms. The van der Waals surface area contributed by atoms with E-state index in [0.717, 1.165) is 11.8 Å². The zero-order valence-corrected chi connectivity index (χ0v) is 13.3. The molecular formula is C16H15F3N4O2. The first-order valence-corrected chi connectivity index (χ1v) is 7.51. The number of aryl methyl sites for hydroxylation is 3. The van der Waals surface area contributed by atoms with Crippen molar-refractivity contribution in [3.05, 3.63) is 52.8 Å². The Balaban J connectivity index is 1.88. The summed E-state index contributed by atoms with van der Waals surface area (Å²) in [7, 11) is 1.75. The number of hydrogen-bond donors (Lipinski definition) is 1. The minimum Gasteiger partial charge on any atom is -0.442 e. The molecule has 1 N–H and O–H groups in total. The molecule has 2 heterocycles. The molecule has 0 aliphatic carbocycles. The van der Waals surface area contributed by atoms with Gasteiger partial charge in [-0.2, -0.15) is 23.4 Å². The van der Waals surface area contributed by atoms with Crippen molar-refractivity contribution >= 4 is 11.8 Å². The lowest BCUT2D eigenvalue weighted by Gasteiger charge is -2.17. The molecule has 1 aromatic heterocycles. The number of hydrazone groups is 1. The van der Waals surface area contributed by atoms with Gasteiger partial charge in [-0.1, -0.05) is 12.1 Å². The molecule has 6 nitrogen and oxygen atoms in total. The van der Waals surface area contributed by atoms with Crippen molar-refractivity contribution in [2.75, 3.05) is 6.61 Å². The molecular weight excluding hydrogens is 337 g/mol. The fourth-order valence-corrected chi connectivity index (χ4v) is 2.61. The second-order valence-corrected chi connectivity index (χ2v) is 5.56. The molecule has 3 rings (SSSR count). The molecule has 2 aromatic rings. The van der Waals surface area contributed by atoms with Gasteiger partial charge in [0.1, 0.15) is 12.3 Å². The first-order chi connectivity index (χ1) is 11.8. The maximum absolute atomic E-state index is 13.4. The highest BCUT2D eigenvalue weighted by Gasteiger charge is 2.34. The Hall–Kier alpha value is -2.84. The third-order valence-electron chi connectivity index (χ3n) is 3.94. The van der Waals surface area contributed by atoms with Crippen LogP contribution in [0, 0.1) is 0 Å². The summed E-state index contributed by atoms with van der Waals surface area (Å²) in [5, 5.41) is 7.76. The van der Waals surface area contributed by atoms with Crippen LogP contribution in [-0.2, 0) is 30.8 Å². The number of hydrogen-bond acceptors (Lipinski definition) is 4. The number of rotatable bonds is 4. The summed E-state index contributed by atoms with van der Waals surface area (Å²) in [6.45, 7) is -0.169. The molecule has 0 saturated carbocycles. The summed E-state index contributed by atoms with van der Waals surface area (Å²) < 4.78 is 46.7. The molecule has 0 radical (unpaired) electrons. The van der Waals surface area contributed by atoms with Crippen molar-refractivity contribution < 1.29 is 22.7 Å². The first-order valence-electron chi connectivity index (χ1n) is 7.51. The Morgan fingerprint density at radius 3 is 2.68 bits per heavy atom. The van der Waals surface area contributed by atoms with E-state index in [0.29, 0.717) is 6.42 Å². The van der Waals surface area contributed by atoms with E-state index in [2.05, 4.69) is 15.6 Å². The van der Waals surface area contributed by atoms with Crippen molar-refractivity contribution in [1.82, 2.24) is 15.2 Å². The molecule has 9 heteroatoms. The number of amides is 1. The van der Waals surface area contributed by atoms with Crippen LogP contribution in [0.3, 0.4) is 0 Å². The topological polar surface area (TPSA) is 68.5 Å². The first kappa shape index (κ1) is 17.0. The van der Waals surface area contributed by atoms with Crippen molar-refractivity contribution in [3.63, 3.8) is 0 Å². The number of carbonyl (C=O) groups excluding carboxylic acids is 1. The quantitative estimate of drug-likeness (QED) is 0.920. The molecule has 1 aliphatic rings. The highest BCUT2D eigenvalue weighted by molar-refractivity contribution is 6.03. The van der Waals surface area contributed by atoms with Gasteiger partial charge in [0.25, 0.3) is 0 Å². The Kier molecular flexibility index (Phi) is 4.47. The van der Waals surface area contributed by atoms with Gasteiger partial charge in [-0.25, -0.2) is 10.2 Å². The second kappa shape index (κ2) is 6.58. The molecule has 0 unspecified atom stereocenters. The van der Waals surface area contributed by atoms with E-state index in [4.69, 9.17) is 4.74 Å². The lowest BCUT2D eigenvalue weighted by molar-refractivity contribution is -0.138. The third-order valence-corrected chi connectivity index (χ3v) is 3.94. The lowest BCUT2D eigenvalue weighted by atomic mass is 9.97. The molecule has 0 bridgehead atoms. The zero-order valence-electron chi connectivity index (χ0n) is 13.3. The number of cyclic esters (lactones) is 1. The number of ether oxygens (including phenoxy) is 1. The number of aromatic nitrogens is 2. The number of nitrogens with one attached hydrogen (secondary N) is 1. The van der Waals surface area contributed by atoms with Gasteiger partial charge < -0.3 is 4.74 Å². The maximum atomic E-state index is 13.4. The van der Waals surface area contributed by atoms with Crippen LogP contribution in [0.5, 0.6) is 0 Å². The van der Waals surface area contributed by atoms with Gasteiger partial charge in [-0.15, -0.1) is 0 Å². The summed E-state index contributed by atoms with van der Waals surface area (Å²) >= 11 is 0. The summed E-state index contributed by atoms with van der Waals surface area (Å²) in [4.78, 5) is 10.9. The van der Waals surface area contributed by atoms with Crippen LogP contribution in [0.2, 0.25) is 0 Å². The minimum atomic E-state index is -4.49.